The Bertz CT molecular complexity index is 837. The molecular formula is C19H26N4O3S. The van der Waals surface area contributed by atoms with Crippen molar-refractivity contribution < 1.29 is 13.2 Å². The van der Waals surface area contributed by atoms with Crippen molar-refractivity contribution in [2.75, 3.05) is 39.8 Å². The predicted molar refractivity (Wildman–Crippen MR) is 101 cm³/mol. The Morgan fingerprint density at radius 3 is 2.48 bits per heavy atom. The van der Waals surface area contributed by atoms with E-state index in [2.05, 4.69) is 11.8 Å². The maximum Gasteiger partial charge on any atom is 0.244 e. The average Bonchev–Trinajstić information content (AvgIpc) is 3.52. The number of piperazine rings is 1. The van der Waals surface area contributed by atoms with Gasteiger partial charge in [-0.3, -0.25) is 9.69 Å². The molecule has 1 saturated heterocycles. The molecule has 1 saturated carbocycles. The van der Waals surface area contributed by atoms with Gasteiger partial charge in [0, 0.05) is 32.2 Å². The van der Waals surface area contributed by atoms with E-state index >= 15 is 0 Å². The Hall–Kier alpha value is -1.95. The minimum atomic E-state index is -3.73. The molecule has 0 radical (unpaired) electrons. The van der Waals surface area contributed by atoms with E-state index in [1.54, 1.807) is 17.0 Å². The first kappa shape index (κ1) is 19.8. The fourth-order valence-corrected chi connectivity index (χ4v) is 5.06. The highest BCUT2D eigenvalue weighted by atomic mass is 32.2. The van der Waals surface area contributed by atoms with Crippen molar-refractivity contribution in [3.63, 3.8) is 0 Å². The number of rotatable bonds is 6. The van der Waals surface area contributed by atoms with Gasteiger partial charge < -0.3 is 4.90 Å². The lowest BCUT2D eigenvalue weighted by atomic mass is 10.2. The van der Waals surface area contributed by atoms with E-state index in [1.165, 1.54) is 29.3 Å². The topological polar surface area (TPSA) is 84.7 Å². The standard InChI is InChI=1S/C19H26N4O3S/c1-15(16-7-8-16)21(2)14-19(24)22-9-11-23(12-10-22)27(25,26)18-6-4-3-5-17(18)13-20/h3-6,15-16H,7-12,14H2,1-2H3. The van der Waals surface area contributed by atoms with Crippen molar-refractivity contribution in [2.24, 2.45) is 5.92 Å². The molecule has 1 unspecified atom stereocenters. The summed E-state index contributed by atoms with van der Waals surface area (Å²) in [5, 5.41) is 9.18. The van der Waals surface area contributed by atoms with Gasteiger partial charge in [0.1, 0.15) is 6.07 Å². The molecule has 1 heterocycles. The summed E-state index contributed by atoms with van der Waals surface area (Å²) >= 11 is 0. The maximum absolute atomic E-state index is 12.9. The van der Waals surface area contributed by atoms with Gasteiger partial charge in [0.25, 0.3) is 0 Å². The summed E-state index contributed by atoms with van der Waals surface area (Å²) in [6.07, 6.45) is 2.47. The summed E-state index contributed by atoms with van der Waals surface area (Å²) in [6, 6.07) is 8.56. The van der Waals surface area contributed by atoms with E-state index in [0.29, 0.717) is 31.6 Å². The molecule has 0 bridgehead atoms. The van der Waals surface area contributed by atoms with Crippen LogP contribution in [0.15, 0.2) is 29.2 Å². The van der Waals surface area contributed by atoms with E-state index in [-0.39, 0.29) is 29.5 Å². The van der Waals surface area contributed by atoms with Crippen LogP contribution < -0.4 is 0 Å². The third kappa shape index (κ3) is 4.32. The van der Waals surface area contributed by atoms with E-state index in [1.807, 2.05) is 13.1 Å². The number of benzene rings is 1. The van der Waals surface area contributed by atoms with Crippen molar-refractivity contribution in [1.29, 1.82) is 5.26 Å². The lowest BCUT2D eigenvalue weighted by molar-refractivity contribution is -0.133. The first-order chi connectivity index (χ1) is 12.8. The SMILES string of the molecule is CC(C1CC1)N(C)CC(=O)N1CCN(S(=O)(=O)c2ccccc2C#N)CC1. The van der Waals surface area contributed by atoms with Gasteiger partial charge in [0.05, 0.1) is 17.0 Å². The van der Waals surface area contributed by atoms with Gasteiger partial charge in [-0.1, -0.05) is 12.1 Å². The van der Waals surface area contributed by atoms with Gasteiger partial charge in [-0.25, -0.2) is 8.42 Å². The summed E-state index contributed by atoms with van der Waals surface area (Å²) in [7, 11) is -1.76. The fourth-order valence-electron chi connectivity index (χ4n) is 3.50. The molecule has 1 aromatic carbocycles. The van der Waals surface area contributed by atoms with Crippen molar-refractivity contribution in [2.45, 2.75) is 30.7 Å². The minimum absolute atomic E-state index is 0.0327. The highest BCUT2D eigenvalue weighted by Gasteiger charge is 2.34. The van der Waals surface area contributed by atoms with E-state index in [0.717, 1.165) is 0 Å². The normalized spacial score (nSPS) is 19.7. The minimum Gasteiger partial charge on any atom is -0.339 e. The van der Waals surface area contributed by atoms with Gasteiger partial charge in [-0.2, -0.15) is 9.57 Å². The van der Waals surface area contributed by atoms with Crippen LogP contribution in [0.3, 0.4) is 0 Å². The van der Waals surface area contributed by atoms with Crippen LogP contribution >= 0.6 is 0 Å². The van der Waals surface area contributed by atoms with Gasteiger partial charge in [-0.15, -0.1) is 0 Å². The van der Waals surface area contributed by atoms with Crippen molar-refractivity contribution >= 4 is 15.9 Å². The number of carbonyl (C=O) groups excluding carboxylic acids is 1. The molecule has 2 fully saturated rings. The number of hydrogen-bond donors (Lipinski definition) is 0. The monoisotopic (exact) mass is 390 g/mol. The molecule has 1 aliphatic carbocycles. The second-order valence-electron chi connectivity index (χ2n) is 7.39. The highest BCUT2D eigenvalue weighted by molar-refractivity contribution is 7.89. The van der Waals surface area contributed by atoms with Crippen LogP contribution in [0.4, 0.5) is 0 Å². The Balaban J connectivity index is 1.59. The van der Waals surface area contributed by atoms with Crippen LogP contribution in [0, 0.1) is 17.2 Å². The fraction of sp³-hybridized carbons (Fsp3) is 0.579. The van der Waals surface area contributed by atoms with Gasteiger partial charge in [-0.05, 0) is 44.9 Å². The molecular weight excluding hydrogens is 364 g/mol. The Kier molecular flexibility index (Phi) is 5.84. The number of carbonyl (C=O) groups is 1. The first-order valence-corrected chi connectivity index (χ1v) is 10.8. The number of nitriles is 1. The molecule has 8 heteroatoms. The lowest BCUT2D eigenvalue weighted by Gasteiger charge is -2.35. The Morgan fingerprint density at radius 1 is 1.26 bits per heavy atom. The summed E-state index contributed by atoms with van der Waals surface area (Å²) in [5.41, 5.74) is 0.145. The molecule has 146 valence electrons. The number of sulfonamides is 1. The molecule has 2 aliphatic rings. The van der Waals surface area contributed by atoms with Crippen LogP contribution in [0.2, 0.25) is 0 Å². The largest absolute Gasteiger partial charge is 0.339 e. The quantitative estimate of drug-likeness (QED) is 0.727. The Labute approximate surface area is 161 Å². The van der Waals surface area contributed by atoms with Crippen LogP contribution in [0.5, 0.6) is 0 Å². The third-order valence-corrected chi connectivity index (χ3v) is 7.56. The highest BCUT2D eigenvalue weighted by Crippen LogP contribution is 2.34. The molecule has 27 heavy (non-hydrogen) atoms. The lowest BCUT2D eigenvalue weighted by Crippen LogP contribution is -2.53. The third-order valence-electron chi connectivity index (χ3n) is 5.60. The summed E-state index contributed by atoms with van der Waals surface area (Å²) < 4.78 is 27.1. The van der Waals surface area contributed by atoms with Gasteiger partial charge >= 0.3 is 0 Å². The van der Waals surface area contributed by atoms with E-state index in [9.17, 15) is 18.5 Å². The number of hydrogen-bond acceptors (Lipinski definition) is 5. The Morgan fingerprint density at radius 2 is 1.89 bits per heavy atom. The zero-order valence-corrected chi connectivity index (χ0v) is 16.7. The molecule has 0 spiro atoms. The van der Waals surface area contributed by atoms with Crippen LogP contribution in [-0.4, -0.2) is 74.2 Å². The van der Waals surface area contributed by atoms with Gasteiger partial charge in [0.2, 0.25) is 15.9 Å². The molecule has 3 rings (SSSR count). The maximum atomic E-state index is 12.9. The molecule has 7 nitrogen and oxygen atoms in total. The molecule has 1 amide bonds. The predicted octanol–water partition coefficient (Wildman–Crippen LogP) is 1.12. The zero-order chi connectivity index (χ0) is 19.6. The van der Waals surface area contributed by atoms with Crippen LogP contribution in [-0.2, 0) is 14.8 Å². The molecule has 0 N–H and O–H groups in total. The van der Waals surface area contributed by atoms with E-state index < -0.39 is 10.0 Å². The second kappa shape index (κ2) is 7.97. The van der Waals surface area contributed by atoms with E-state index in [4.69, 9.17) is 0 Å². The number of amides is 1. The van der Waals surface area contributed by atoms with Crippen molar-refractivity contribution in [1.82, 2.24) is 14.1 Å². The molecule has 1 aliphatic heterocycles. The number of likely N-dealkylation sites (N-methyl/N-ethyl adjacent to an activating group) is 1. The smallest absolute Gasteiger partial charge is 0.244 e. The number of nitrogens with zero attached hydrogens (tertiary/aromatic N) is 4. The molecule has 0 aromatic heterocycles. The van der Waals surface area contributed by atoms with Gasteiger partial charge in [0.15, 0.2) is 0 Å². The summed E-state index contributed by atoms with van der Waals surface area (Å²) in [6.45, 7) is 3.76. The zero-order valence-electron chi connectivity index (χ0n) is 15.8. The average molecular weight is 391 g/mol. The first-order valence-electron chi connectivity index (χ1n) is 9.32. The van der Waals surface area contributed by atoms with Crippen molar-refractivity contribution in [3.05, 3.63) is 29.8 Å². The molecule has 1 atom stereocenters. The molecule has 1 aromatic rings. The van der Waals surface area contributed by atoms with Crippen LogP contribution in [0.1, 0.15) is 25.3 Å². The summed E-state index contributed by atoms with van der Waals surface area (Å²) in [5.74, 6) is 0.740. The van der Waals surface area contributed by atoms with Crippen molar-refractivity contribution in [3.8, 4) is 6.07 Å². The van der Waals surface area contributed by atoms with Crippen LogP contribution in [0.25, 0.3) is 0 Å². The summed E-state index contributed by atoms with van der Waals surface area (Å²) in [4.78, 5) is 16.4. The second-order valence-corrected chi connectivity index (χ2v) is 9.29.